The molecule has 3 nitrogen and oxygen atoms in total. The van der Waals surface area contributed by atoms with Crippen LogP contribution >= 0.6 is 34.3 Å². The molecule has 0 saturated carbocycles. The Hall–Kier alpha value is -0.910. The average Bonchev–Trinajstić information content (AvgIpc) is 2.86. The van der Waals surface area contributed by atoms with Crippen LogP contribution in [0.5, 0.6) is 0 Å². The van der Waals surface area contributed by atoms with Crippen molar-refractivity contribution in [2.45, 2.75) is 13.5 Å². The van der Waals surface area contributed by atoms with Crippen molar-refractivity contribution in [1.82, 2.24) is 4.98 Å². The largest absolute Gasteiger partial charge is 0.346 e. The number of thiazole rings is 1. The van der Waals surface area contributed by atoms with Gasteiger partial charge in [0.25, 0.3) is 0 Å². The molecule has 2 heterocycles. The van der Waals surface area contributed by atoms with Crippen molar-refractivity contribution in [1.29, 1.82) is 0 Å². The third-order valence-corrected chi connectivity index (χ3v) is 4.62. The summed E-state index contributed by atoms with van der Waals surface area (Å²) in [5.41, 5.74) is 0. The van der Waals surface area contributed by atoms with Crippen LogP contribution in [0.4, 0.5) is 5.13 Å². The summed E-state index contributed by atoms with van der Waals surface area (Å²) in [6.45, 7) is 2.30. The molecule has 2 aromatic heterocycles. The van der Waals surface area contributed by atoms with E-state index >= 15 is 0 Å². The summed E-state index contributed by atoms with van der Waals surface area (Å²) in [4.78, 5) is 19.3. The molecule has 0 unspecified atom stereocenters. The van der Waals surface area contributed by atoms with Gasteiger partial charge in [0.15, 0.2) is 10.9 Å². The van der Waals surface area contributed by atoms with Gasteiger partial charge in [-0.25, -0.2) is 4.98 Å². The summed E-state index contributed by atoms with van der Waals surface area (Å²) in [7, 11) is 1.95. The standard InChI is InChI=1S/C11H11ClN2OS2/c1-7(15)9-5-13-11(17-9)14(2)6-8-3-4-10(12)16-8/h3-5H,6H2,1-2H3. The van der Waals surface area contributed by atoms with Gasteiger partial charge in [0.2, 0.25) is 0 Å². The van der Waals surface area contributed by atoms with E-state index in [4.69, 9.17) is 11.6 Å². The van der Waals surface area contributed by atoms with Crippen LogP contribution in [0.25, 0.3) is 0 Å². The highest BCUT2D eigenvalue weighted by molar-refractivity contribution is 7.17. The molecule has 2 rings (SSSR count). The number of Topliss-reactive ketones (excluding diaryl/α,β-unsaturated/α-hetero) is 1. The van der Waals surface area contributed by atoms with Crippen molar-refractivity contribution in [3.63, 3.8) is 0 Å². The second-order valence-electron chi connectivity index (χ2n) is 3.63. The van der Waals surface area contributed by atoms with Crippen LogP contribution in [-0.4, -0.2) is 17.8 Å². The highest BCUT2D eigenvalue weighted by Gasteiger charge is 2.10. The van der Waals surface area contributed by atoms with E-state index in [0.717, 1.165) is 16.0 Å². The lowest BCUT2D eigenvalue weighted by atomic mass is 10.4. The molecule has 0 aliphatic rings. The van der Waals surface area contributed by atoms with Gasteiger partial charge < -0.3 is 4.90 Å². The van der Waals surface area contributed by atoms with Gasteiger partial charge in [-0.15, -0.1) is 11.3 Å². The molecule has 90 valence electrons. The van der Waals surface area contributed by atoms with Crippen molar-refractivity contribution >= 4 is 45.2 Å². The minimum Gasteiger partial charge on any atom is -0.346 e. The first-order valence-electron chi connectivity index (χ1n) is 4.98. The second-order valence-corrected chi connectivity index (χ2v) is 6.43. The number of thiophene rings is 1. The SMILES string of the molecule is CC(=O)c1cnc(N(C)Cc2ccc(Cl)s2)s1. The van der Waals surface area contributed by atoms with E-state index in [2.05, 4.69) is 4.98 Å². The average molecular weight is 287 g/mol. The summed E-state index contributed by atoms with van der Waals surface area (Å²) in [6, 6.07) is 3.89. The van der Waals surface area contributed by atoms with E-state index in [1.807, 2.05) is 24.1 Å². The van der Waals surface area contributed by atoms with Crippen LogP contribution in [0.1, 0.15) is 21.5 Å². The molecule has 2 aromatic rings. The van der Waals surface area contributed by atoms with E-state index in [9.17, 15) is 4.79 Å². The first-order valence-corrected chi connectivity index (χ1v) is 6.99. The van der Waals surface area contributed by atoms with Crippen LogP contribution in [0.2, 0.25) is 4.34 Å². The molecule has 0 saturated heterocycles. The Bertz CT molecular complexity index is 535. The molecule has 0 aliphatic heterocycles. The zero-order valence-electron chi connectivity index (χ0n) is 9.44. The van der Waals surface area contributed by atoms with Gasteiger partial charge in [0.05, 0.1) is 22.0 Å². The van der Waals surface area contributed by atoms with Crippen molar-refractivity contribution in [2.75, 3.05) is 11.9 Å². The zero-order chi connectivity index (χ0) is 12.4. The van der Waals surface area contributed by atoms with Gasteiger partial charge in [-0.1, -0.05) is 22.9 Å². The lowest BCUT2D eigenvalue weighted by Crippen LogP contribution is -2.14. The minimum absolute atomic E-state index is 0.0568. The van der Waals surface area contributed by atoms with E-state index in [-0.39, 0.29) is 5.78 Å². The molecule has 0 radical (unpaired) electrons. The predicted molar refractivity (Wildman–Crippen MR) is 73.6 cm³/mol. The second kappa shape index (κ2) is 5.16. The number of carbonyl (C=O) groups excluding carboxylic acids is 1. The van der Waals surface area contributed by atoms with Crippen molar-refractivity contribution < 1.29 is 4.79 Å². The fourth-order valence-electron chi connectivity index (χ4n) is 1.34. The summed E-state index contributed by atoms with van der Waals surface area (Å²) in [6.07, 6.45) is 1.63. The highest BCUT2D eigenvalue weighted by atomic mass is 35.5. The Morgan fingerprint density at radius 2 is 2.24 bits per heavy atom. The fraction of sp³-hybridized carbons (Fsp3) is 0.273. The first-order chi connectivity index (χ1) is 8.06. The maximum Gasteiger partial charge on any atom is 0.186 e. The monoisotopic (exact) mass is 286 g/mol. The van der Waals surface area contributed by atoms with E-state index in [1.165, 1.54) is 16.2 Å². The van der Waals surface area contributed by atoms with Gasteiger partial charge in [0, 0.05) is 18.8 Å². The van der Waals surface area contributed by atoms with Gasteiger partial charge in [-0.2, -0.15) is 0 Å². The molecular weight excluding hydrogens is 276 g/mol. The Morgan fingerprint density at radius 1 is 1.47 bits per heavy atom. The molecule has 0 amide bonds. The number of halogens is 1. The van der Waals surface area contributed by atoms with Crippen LogP contribution in [0.3, 0.4) is 0 Å². The molecule has 0 spiro atoms. The van der Waals surface area contributed by atoms with Crippen molar-refractivity contribution in [3.8, 4) is 0 Å². The van der Waals surface area contributed by atoms with E-state index < -0.39 is 0 Å². The van der Waals surface area contributed by atoms with E-state index in [0.29, 0.717) is 4.88 Å². The van der Waals surface area contributed by atoms with Crippen LogP contribution in [-0.2, 0) is 6.54 Å². The number of rotatable bonds is 4. The van der Waals surface area contributed by atoms with Gasteiger partial charge in [-0.05, 0) is 12.1 Å². The number of hydrogen-bond acceptors (Lipinski definition) is 5. The Labute approximate surface area is 113 Å². The van der Waals surface area contributed by atoms with E-state index in [1.54, 1.807) is 24.5 Å². The lowest BCUT2D eigenvalue weighted by molar-refractivity contribution is 0.102. The molecule has 0 bridgehead atoms. The Morgan fingerprint density at radius 3 is 2.76 bits per heavy atom. The number of carbonyl (C=O) groups is 1. The molecule has 0 aromatic carbocycles. The molecule has 0 atom stereocenters. The summed E-state index contributed by atoms with van der Waals surface area (Å²) >= 11 is 8.85. The number of aromatic nitrogens is 1. The number of ketones is 1. The highest BCUT2D eigenvalue weighted by Crippen LogP contribution is 2.26. The smallest absolute Gasteiger partial charge is 0.186 e. The topological polar surface area (TPSA) is 33.2 Å². The quantitative estimate of drug-likeness (QED) is 0.804. The molecular formula is C11H11ClN2OS2. The molecule has 6 heteroatoms. The molecule has 0 fully saturated rings. The third-order valence-electron chi connectivity index (χ3n) is 2.19. The van der Waals surface area contributed by atoms with Crippen molar-refractivity contribution in [3.05, 3.63) is 32.4 Å². The maximum absolute atomic E-state index is 11.2. The van der Waals surface area contributed by atoms with Crippen molar-refractivity contribution in [2.24, 2.45) is 0 Å². The normalized spacial score (nSPS) is 10.5. The Kier molecular flexibility index (Phi) is 3.81. The maximum atomic E-state index is 11.2. The summed E-state index contributed by atoms with van der Waals surface area (Å²) in [5, 5.41) is 0.847. The molecule has 0 aliphatic carbocycles. The number of nitrogens with zero attached hydrogens (tertiary/aromatic N) is 2. The number of anilines is 1. The summed E-state index contributed by atoms with van der Waals surface area (Å²) in [5.74, 6) is 0.0568. The van der Waals surface area contributed by atoms with Crippen LogP contribution < -0.4 is 4.90 Å². The zero-order valence-corrected chi connectivity index (χ0v) is 11.8. The third kappa shape index (κ3) is 3.06. The first kappa shape index (κ1) is 12.5. The molecule has 17 heavy (non-hydrogen) atoms. The van der Waals surface area contributed by atoms with Crippen LogP contribution in [0.15, 0.2) is 18.3 Å². The predicted octanol–water partition coefficient (Wildman–Crippen LogP) is 3.70. The van der Waals surface area contributed by atoms with Gasteiger partial charge >= 0.3 is 0 Å². The summed E-state index contributed by atoms with van der Waals surface area (Å²) < 4.78 is 0.789. The van der Waals surface area contributed by atoms with Crippen LogP contribution in [0, 0.1) is 0 Å². The van der Waals surface area contributed by atoms with Gasteiger partial charge in [-0.3, -0.25) is 4.79 Å². The number of hydrogen-bond donors (Lipinski definition) is 0. The Balaban J connectivity index is 2.08. The lowest BCUT2D eigenvalue weighted by Gasteiger charge is -2.13. The minimum atomic E-state index is 0.0568. The molecule has 0 N–H and O–H groups in total. The fourth-order valence-corrected chi connectivity index (χ4v) is 3.26. The van der Waals surface area contributed by atoms with Gasteiger partial charge in [0.1, 0.15) is 0 Å².